The summed E-state index contributed by atoms with van der Waals surface area (Å²) in [5.74, 6) is 0. The number of anilines is 1. The molecule has 2 rings (SSSR count). The van der Waals surface area contributed by atoms with E-state index in [9.17, 15) is 0 Å². The maximum Gasteiger partial charge on any atom is 0.0642 e. The van der Waals surface area contributed by atoms with Gasteiger partial charge in [0, 0.05) is 24.1 Å². The van der Waals surface area contributed by atoms with Gasteiger partial charge in [-0.05, 0) is 36.2 Å². The SMILES string of the molecule is C[C@H](N)c1ccc(N(C)Cc2ccccc2Br)c(Cl)c1. The van der Waals surface area contributed by atoms with Crippen molar-refractivity contribution in [1.29, 1.82) is 0 Å². The second-order valence-corrected chi connectivity index (χ2v) is 6.21. The van der Waals surface area contributed by atoms with Gasteiger partial charge in [-0.15, -0.1) is 0 Å². The molecule has 0 aliphatic rings. The zero-order valence-electron chi connectivity index (χ0n) is 11.6. The van der Waals surface area contributed by atoms with Crippen molar-refractivity contribution in [3.8, 4) is 0 Å². The summed E-state index contributed by atoms with van der Waals surface area (Å²) in [6.45, 7) is 2.74. The van der Waals surface area contributed by atoms with Gasteiger partial charge in [0.1, 0.15) is 0 Å². The van der Waals surface area contributed by atoms with Gasteiger partial charge < -0.3 is 10.6 Å². The van der Waals surface area contributed by atoms with Crippen LogP contribution in [0.1, 0.15) is 24.1 Å². The van der Waals surface area contributed by atoms with Crippen molar-refractivity contribution in [2.24, 2.45) is 5.73 Å². The van der Waals surface area contributed by atoms with E-state index >= 15 is 0 Å². The second-order valence-electron chi connectivity index (χ2n) is 4.95. The normalized spacial score (nSPS) is 12.2. The van der Waals surface area contributed by atoms with E-state index in [4.69, 9.17) is 17.3 Å². The Morgan fingerprint density at radius 1 is 1.25 bits per heavy atom. The first kappa shape index (κ1) is 15.4. The highest BCUT2D eigenvalue weighted by Gasteiger charge is 2.10. The van der Waals surface area contributed by atoms with Gasteiger partial charge in [0.2, 0.25) is 0 Å². The Kier molecular flexibility index (Phi) is 5.08. The van der Waals surface area contributed by atoms with Crippen LogP contribution in [0, 0.1) is 0 Å². The molecule has 0 aliphatic carbocycles. The molecule has 0 aliphatic heterocycles. The molecular weight excluding hydrogens is 336 g/mol. The highest BCUT2D eigenvalue weighted by Crippen LogP contribution is 2.29. The van der Waals surface area contributed by atoms with Gasteiger partial charge in [0.05, 0.1) is 10.7 Å². The zero-order valence-corrected chi connectivity index (χ0v) is 13.9. The van der Waals surface area contributed by atoms with Crippen molar-refractivity contribution < 1.29 is 0 Å². The van der Waals surface area contributed by atoms with E-state index in [1.807, 2.05) is 50.4 Å². The molecular formula is C16H18BrClN2. The first-order valence-electron chi connectivity index (χ1n) is 6.48. The minimum atomic E-state index is -0.00451. The van der Waals surface area contributed by atoms with Crippen LogP contribution in [0.2, 0.25) is 5.02 Å². The highest BCUT2D eigenvalue weighted by molar-refractivity contribution is 9.10. The molecule has 0 spiro atoms. The monoisotopic (exact) mass is 352 g/mol. The maximum absolute atomic E-state index is 6.37. The Hall–Kier alpha value is -1.03. The first-order valence-corrected chi connectivity index (χ1v) is 7.65. The molecule has 2 aromatic carbocycles. The van der Waals surface area contributed by atoms with Gasteiger partial charge in [0.15, 0.2) is 0 Å². The summed E-state index contributed by atoms with van der Waals surface area (Å²) in [6.07, 6.45) is 0. The topological polar surface area (TPSA) is 29.3 Å². The van der Waals surface area contributed by atoms with E-state index in [1.165, 1.54) is 5.56 Å². The molecule has 0 radical (unpaired) electrons. The third-order valence-corrected chi connectivity index (χ3v) is 4.35. The lowest BCUT2D eigenvalue weighted by Crippen LogP contribution is -2.17. The van der Waals surface area contributed by atoms with E-state index in [2.05, 4.69) is 26.9 Å². The molecule has 20 heavy (non-hydrogen) atoms. The fourth-order valence-corrected chi connectivity index (χ4v) is 2.83. The summed E-state index contributed by atoms with van der Waals surface area (Å²) >= 11 is 9.94. The van der Waals surface area contributed by atoms with E-state index in [-0.39, 0.29) is 6.04 Å². The fraction of sp³-hybridized carbons (Fsp3) is 0.250. The van der Waals surface area contributed by atoms with Gasteiger partial charge >= 0.3 is 0 Å². The number of halogens is 2. The predicted octanol–water partition coefficient (Wildman–Crippen LogP) is 4.76. The van der Waals surface area contributed by atoms with Crippen LogP contribution in [0.3, 0.4) is 0 Å². The van der Waals surface area contributed by atoms with Gasteiger partial charge in [-0.1, -0.05) is 51.8 Å². The largest absolute Gasteiger partial charge is 0.369 e. The van der Waals surface area contributed by atoms with Crippen molar-refractivity contribution in [1.82, 2.24) is 0 Å². The minimum absolute atomic E-state index is 0.00451. The summed E-state index contributed by atoms with van der Waals surface area (Å²) in [5.41, 5.74) is 9.15. The summed E-state index contributed by atoms with van der Waals surface area (Å²) in [6, 6.07) is 14.2. The van der Waals surface area contributed by atoms with Crippen LogP contribution in [-0.2, 0) is 6.54 Å². The Morgan fingerprint density at radius 3 is 2.55 bits per heavy atom. The first-order chi connectivity index (χ1) is 9.49. The van der Waals surface area contributed by atoms with Crippen molar-refractivity contribution in [2.75, 3.05) is 11.9 Å². The Labute approximate surface area is 133 Å². The van der Waals surface area contributed by atoms with Gasteiger partial charge in [-0.2, -0.15) is 0 Å². The van der Waals surface area contributed by atoms with E-state index in [1.54, 1.807) is 0 Å². The predicted molar refractivity (Wildman–Crippen MR) is 90.3 cm³/mol. The average Bonchev–Trinajstić information content (AvgIpc) is 2.41. The zero-order chi connectivity index (χ0) is 14.7. The molecule has 2 N–H and O–H groups in total. The highest BCUT2D eigenvalue weighted by atomic mass is 79.9. The van der Waals surface area contributed by atoms with Crippen LogP contribution in [-0.4, -0.2) is 7.05 Å². The van der Waals surface area contributed by atoms with Crippen LogP contribution >= 0.6 is 27.5 Å². The molecule has 0 amide bonds. The summed E-state index contributed by atoms with van der Waals surface area (Å²) in [7, 11) is 2.03. The van der Waals surface area contributed by atoms with E-state index in [0.29, 0.717) is 0 Å². The molecule has 106 valence electrons. The van der Waals surface area contributed by atoms with Gasteiger partial charge in [0.25, 0.3) is 0 Å². The minimum Gasteiger partial charge on any atom is -0.369 e. The fourth-order valence-electron chi connectivity index (χ4n) is 2.08. The maximum atomic E-state index is 6.37. The van der Waals surface area contributed by atoms with Crippen molar-refractivity contribution in [3.63, 3.8) is 0 Å². The molecule has 0 aromatic heterocycles. The number of nitrogens with zero attached hydrogens (tertiary/aromatic N) is 1. The van der Waals surface area contributed by atoms with E-state index in [0.717, 1.165) is 27.3 Å². The quantitative estimate of drug-likeness (QED) is 0.858. The number of rotatable bonds is 4. The third kappa shape index (κ3) is 3.54. The number of hydrogen-bond donors (Lipinski definition) is 1. The Bertz CT molecular complexity index is 599. The Balaban J connectivity index is 2.21. The van der Waals surface area contributed by atoms with Crippen molar-refractivity contribution in [3.05, 3.63) is 63.1 Å². The average molecular weight is 354 g/mol. The van der Waals surface area contributed by atoms with Crippen LogP contribution < -0.4 is 10.6 Å². The number of hydrogen-bond acceptors (Lipinski definition) is 2. The molecule has 2 nitrogen and oxygen atoms in total. The van der Waals surface area contributed by atoms with Crippen LogP contribution in [0.15, 0.2) is 46.9 Å². The molecule has 0 heterocycles. The summed E-state index contributed by atoms with van der Waals surface area (Å²) in [4.78, 5) is 2.13. The Morgan fingerprint density at radius 2 is 1.95 bits per heavy atom. The lowest BCUT2D eigenvalue weighted by atomic mass is 10.1. The van der Waals surface area contributed by atoms with Gasteiger partial charge in [-0.25, -0.2) is 0 Å². The third-order valence-electron chi connectivity index (χ3n) is 3.27. The molecule has 4 heteroatoms. The molecule has 0 fully saturated rings. The van der Waals surface area contributed by atoms with Gasteiger partial charge in [-0.3, -0.25) is 0 Å². The summed E-state index contributed by atoms with van der Waals surface area (Å²) < 4.78 is 1.11. The lowest BCUT2D eigenvalue weighted by Gasteiger charge is -2.22. The smallest absolute Gasteiger partial charge is 0.0642 e. The van der Waals surface area contributed by atoms with Crippen LogP contribution in [0.25, 0.3) is 0 Å². The van der Waals surface area contributed by atoms with E-state index < -0.39 is 0 Å². The summed E-state index contributed by atoms with van der Waals surface area (Å²) in [5, 5.41) is 0.731. The number of benzene rings is 2. The molecule has 0 saturated heterocycles. The molecule has 0 unspecified atom stereocenters. The standard InChI is InChI=1S/C16H18BrClN2/c1-11(19)12-7-8-16(15(18)9-12)20(2)10-13-5-3-4-6-14(13)17/h3-9,11H,10,19H2,1-2H3/t11-/m0/s1. The van der Waals surface area contributed by atoms with Crippen molar-refractivity contribution >= 4 is 33.2 Å². The molecule has 0 bridgehead atoms. The number of nitrogens with two attached hydrogens (primary N) is 1. The second kappa shape index (κ2) is 6.61. The lowest BCUT2D eigenvalue weighted by molar-refractivity contribution is 0.817. The molecule has 2 aromatic rings. The molecule has 1 atom stereocenters. The molecule has 0 saturated carbocycles. The van der Waals surface area contributed by atoms with Crippen molar-refractivity contribution in [2.45, 2.75) is 19.5 Å². The van der Waals surface area contributed by atoms with Crippen LogP contribution in [0.5, 0.6) is 0 Å². The van der Waals surface area contributed by atoms with Crippen LogP contribution in [0.4, 0.5) is 5.69 Å².